The first-order valence-electron chi connectivity index (χ1n) is 7.46. The maximum Gasteiger partial charge on any atom is 0.241 e. The van der Waals surface area contributed by atoms with Crippen LogP contribution in [0.25, 0.3) is 0 Å². The van der Waals surface area contributed by atoms with Gasteiger partial charge in [0, 0.05) is 16.4 Å². The normalized spacial score (nSPS) is 12.2. The average Bonchev–Trinajstić information content (AvgIpc) is 3.05. The molecule has 1 aromatic carbocycles. The van der Waals surface area contributed by atoms with Crippen molar-refractivity contribution in [2.45, 2.75) is 26.4 Å². The van der Waals surface area contributed by atoms with Crippen LogP contribution in [0, 0.1) is 0 Å². The van der Waals surface area contributed by atoms with Gasteiger partial charge in [-0.1, -0.05) is 24.6 Å². The highest BCUT2D eigenvalue weighted by Gasteiger charge is 2.21. The monoisotopic (exact) mass is 352 g/mol. The lowest BCUT2D eigenvalue weighted by atomic mass is 10.2. The van der Waals surface area contributed by atoms with Gasteiger partial charge in [-0.3, -0.25) is 9.69 Å². The highest BCUT2D eigenvalue weighted by molar-refractivity contribution is 7.09. The van der Waals surface area contributed by atoms with Gasteiger partial charge in [-0.05, 0) is 43.1 Å². The molecular weight excluding hydrogens is 332 g/mol. The molecule has 0 fully saturated rings. The second kappa shape index (κ2) is 8.34. The number of carbonyl (C=O) groups excluding carboxylic acids is 1. The van der Waals surface area contributed by atoms with E-state index in [1.807, 2.05) is 18.4 Å². The molecule has 4 nitrogen and oxygen atoms in total. The fourth-order valence-electron chi connectivity index (χ4n) is 2.31. The van der Waals surface area contributed by atoms with Gasteiger partial charge in [0.2, 0.25) is 5.91 Å². The number of rotatable bonds is 7. The van der Waals surface area contributed by atoms with Crippen LogP contribution < -0.4 is 10.1 Å². The standard InChI is InChI=1S/C17H21ClN2O2S/c1-4-20(11-14-6-5-9-23-14)12(2)17(21)19-15-10-13(18)7-8-16(15)22-3/h5-10,12H,4,11H2,1-3H3,(H,19,21)/t12-/m1/s1. The predicted molar refractivity (Wildman–Crippen MR) is 96.5 cm³/mol. The molecule has 1 N–H and O–H groups in total. The maximum absolute atomic E-state index is 12.6. The topological polar surface area (TPSA) is 41.6 Å². The first-order chi connectivity index (χ1) is 11.0. The van der Waals surface area contributed by atoms with Gasteiger partial charge in [-0.15, -0.1) is 11.3 Å². The van der Waals surface area contributed by atoms with Crippen LogP contribution in [0.2, 0.25) is 5.02 Å². The number of amides is 1. The van der Waals surface area contributed by atoms with Crippen molar-refractivity contribution in [3.63, 3.8) is 0 Å². The van der Waals surface area contributed by atoms with Crippen molar-refractivity contribution >= 4 is 34.5 Å². The SMILES string of the molecule is CCN(Cc1cccs1)[C@H](C)C(=O)Nc1cc(Cl)ccc1OC. The molecular formula is C17H21ClN2O2S. The van der Waals surface area contributed by atoms with Gasteiger partial charge >= 0.3 is 0 Å². The Morgan fingerprint density at radius 2 is 2.22 bits per heavy atom. The van der Waals surface area contributed by atoms with Gasteiger partial charge in [0.05, 0.1) is 18.8 Å². The van der Waals surface area contributed by atoms with Crippen LogP contribution in [-0.2, 0) is 11.3 Å². The lowest BCUT2D eigenvalue weighted by Crippen LogP contribution is -2.41. The molecule has 0 aliphatic carbocycles. The van der Waals surface area contributed by atoms with E-state index in [0.29, 0.717) is 16.5 Å². The molecule has 1 heterocycles. The number of benzene rings is 1. The number of nitrogens with one attached hydrogen (secondary N) is 1. The van der Waals surface area contributed by atoms with Crippen molar-refractivity contribution in [1.29, 1.82) is 0 Å². The molecule has 1 aromatic heterocycles. The molecule has 0 aliphatic heterocycles. The third-order valence-electron chi connectivity index (χ3n) is 3.69. The highest BCUT2D eigenvalue weighted by atomic mass is 35.5. The Labute approximate surface area is 146 Å². The zero-order valence-corrected chi connectivity index (χ0v) is 15.1. The van der Waals surface area contributed by atoms with E-state index in [4.69, 9.17) is 16.3 Å². The van der Waals surface area contributed by atoms with Crippen LogP contribution in [-0.4, -0.2) is 30.5 Å². The number of hydrogen-bond acceptors (Lipinski definition) is 4. The number of nitrogens with zero attached hydrogens (tertiary/aromatic N) is 1. The number of methoxy groups -OCH3 is 1. The first kappa shape index (κ1) is 17.8. The fraction of sp³-hybridized carbons (Fsp3) is 0.353. The Morgan fingerprint density at radius 1 is 1.43 bits per heavy atom. The minimum atomic E-state index is -0.259. The van der Waals surface area contributed by atoms with E-state index in [1.54, 1.807) is 36.6 Å². The van der Waals surface area contributed by atoms with Crippen molar-refractivity contribution in [3.05, 3.63) is 45.6 Å². The molecule has 0 unspecified atom stereocenters. The van der Waals surface area contributed by atoms with Gasteiger partial charge in [-0.2, -0.15) is 0 Å². The molecule has 1 atom stereocenters. The minimum absolute atomic E-state index is 0.0797. The largest absolute Gasteiger partial charge is 0.495 e. The molecule has 0 radical (unpaired) electrons. The summed E-state index contributed by atoms with van der Waals surface area (Å²) in [6.45, 7) is 5.51. The van der Waals surface area contributed by atoms with E-state index in [-0.39, 0.29) is 11.9 Å². The van der Waals surface area contributed by atoms with Crippen molar-refractivity contribution in [2.24, 2.45) is 0 Å². The third-order valence-corrected chi connectivity index (χ3v) is 4.79. The Kier molecular flexibility index (Phi) is 6.45. The number of thiophene rings is 1. The molecule has 2 rings (SSSR count). The van der Waals surface area contributed by atoms with Gasteiger partial charge < -0.3 is 10.1 Å². The molecule has 0 aliphatic rings. The molecule has 6 heteroatoms. The van der Waals surface area contributed by atoms with Gasteiger partial charge in [0.15, 0.2) is 0 Å². The highest BCUT2D eigenvalue weighted by Crippen LogP contribution is 2.28. The Balaban J connectivity index is 2.08. The van der Waals surface area contributed by atoms with Crippen molar-refractivity contribution in [2.75, 3.05) is 19.0 Å². The maximum atomic E-state index is 12.6. The number of halogens is 1. The van der Waals surface area contributed by atoms with E-state index < -0.39 is 0 Å². The summed E-state index contributed by atoms with van der Waals surface area (Å²) in [5.41, 5.74) is 0.587. The number of ether oxygens (including phenoxy) is 1. The van der Waals surface area contributed by atoms with E-state index in [1.165, 1.54) is 4.88 Å². The summed E-state index contributed by atoms with van der Waals surface area (Å²) >= 11 is 7.70. The van der Waals surface area contributed by atoms with Gasteiger partial charge in [0.1, 0.15) is 5.75 Å². The smallest absolute Gasteiger partial charge is 0.241 e. The molecule has 0 saturated carbocycles. The molecule has 0 bridgehead atoms. The summed E-state index contributed by atoms with van der Waals surface area (Å²) in [6.07, 6.45) is 0. The number of carbonyl (C=O) groups is 1. The molecule has 2 aromatic rings. The zero-order valence-electron chi connectivity index (χ0n) is 13.5. The summed E-state index contributed by atoms with van der Waals surface area (Å²) in [4.78, 5) is 15.9. The van der Waals surface area contributed by atoms with Crippen molar-refractivity contribution in [3.8, 4) is 5.75 Å². The first-order valence-corrected chi connectivity index (χ1v) is 8.71. The molecule has 0 saturated heterocycles. The Bertz CT molecular complexity index is 646. The second-order valence-corrected chi connectivity index (χ2v) is 6.62. The number of anilines is 1. The van der Waals surface area contributed by atoms with Gasteiger partial charge in [0.25, 0.3) is 0 Å². The Hall–Kier alpha value is -1.56. The van der Waals surface area contributed by atoms with E-state index in [9.17, 15) is 4.79 Å². The summed E-state index contributed by atoms with van der Waals surface area (Å²) in [7, 11) is 1.57. The van der Waals surface area contributed by atoms with E-state index in [2.05, 4.69) is 23.2 Å². The predicted octanol–water partition coefficient (Wildman–Crippen LogP) is 4.26. The number of likely N-dealkylation sites (N-methyl/N-ethyl adjacent to an activating group) is 1. The molecule has 124 valence electrons. The van der Waals surface area contributed by atoms with Crippen LogP contribution in [0.1, 0.15) is 18.7 Å². The third kappa shape index (κ3) is 4.70. The van der Waals surface area contributed by atoms with E-state index >= 15 is 0 Å². The summed E-state index contributed by atoms with van der Waals surface area (Å²) < 4.78 is 5.27. The van der Waals surface area contributed by atoms with Crippen LogP contribution in [0.5, 0.6) is 5.75 Å². The summed E-state index contributed by atoms with van der Waals surface area (Å²) in [5.74, 6) is 0.514. The van der Waals surface area contributed by atoms with Gasteiger partial charge in [-0.25, -0.2) is 0 Å². The molecule has 1 amide bonds. The molecule has 0 spiro atoms. The lowest BCUT2D eigenvalue weighted by Gasteiger charge is -2.26. The summed E-state index contributed by atoms with van der Waals surface area (Å²) in [6, 6.07) is 9.01. The minimum Gasteiger partial charge on any atom is -0.495 e. The quantitative estimate of drug-likeness (QED) is 0.809. The lowest BCUT2D eigenvalue weighted by molar-refractivity contribution is -0.120. The van der Waals surface area contributed by atoms with Crippen molar-refractivity contribution in [1.82, 2.24) is 4.90 Å². The van der Waals surface area contributed by atoms with Crippen LogP contribution >= 0.6 is 22.9 Å². The average molecular weight is 353 g/mol. The summed E-state index contributed by atoms with van der Waals surface area (Å²) in [5, 5.41) is 5.51. The van der Waals surface area contributed by atoms with Crippen LogP contribution in [0.15, 0.2) is 35.7 Å². The van der Waals surface area contributed by atoms with Crippen LogP contribution in [0.4, 0.5) is 5.69 Å². The second-order valence-electron chi connectivity index (χ2n) is 5.15. The van der Waals surface area contributed by atoms with Crippen LogP contribution in [0.3, 0.4) is 0 Å². The molecule has 23 heavy (non-hydrogen) atoms. The Morgan fingerprint density at radius 3 is 2.83 bits per heavy atom. The van der Waals surface area contributed by atoms with Crippen molar-refractivity contribution < 1.29 is 9.53 Å². The van der Waals surface area contributed by atoms with E-state index in [0.717, 1.165) is 13.1 Å². The number of hydrogen-bond donors (Lipinski definition) is 1. The zero-order chi connectivity index (χ0) is 16.8. The fourth-order valence-corrected chi connectivity index (χ4v) is 3.21.